The monoisotopic (exact) mass is 261 g/mol. The van der Waals surface area contributed by atoms with Gasteiger partial charge < -0.3 is 10.2 Å². The molecule has 3 atom stereocenters. The summed E-state index contributed by atoms with van der Waals surface area (Å²) >= 11 is 0. The van der Waals surface area contributed by atoms with Crippen LogP contribution < -0.4 is 5.32 Å². The van der Waals surface area contributed by atoms with Crippen molar-refractivity contribution in [3.63, 3.8) is 0 Å². The molecule has 5 heteroatoms. The maximum Gasteiger partial charge on any atom is 0.274 e. The third-order valence-corrected chi connectivity index (χ3v) is 4.39. The van der Waals surface area contributed by atoms with Crippen LogP contribution in [-0.4, -0.2) is 35.5 Å². The molecule has 3 rings (SSSR count). The van der Waals surface area contributed by atoms with Gasteiger partial charge >= 0.3 is 0 Å². The Morgan fingerprint density at radius 1 is 1.37 bits per heavy atom. The van der Waals surface area contributed by atoms with Gasteiger partial charge in [-0.25, -0.2) is 0 Å². The third-order valence-electron chi connectivity index (χ3n) is 4.39. The molecule has 102 valence electrons. The molecule has 19 heavy (non-hydrogen) atoms. The fourth-order valence-corrected chi connectivity index (χ4v) is 3.25. The Hall–Kier alpha value is -1.62. The van der Waals surface area contributed by atoms with Crippen LogP contribution in [0.3, 0.4) is 0 Å². The van der Waals surface area contributed by atoms with Gasteiger partial charge in [0.05, 0.1) is 4.92 Å². The molecule has 2 bridgehead atoms. The minimum absolute atomic E-state index is 0.203. The molecule has 2 fully saturated rings. The maximum atomic E-state index is 11.0. The van der Waals surface area contributed by atoms with E-state index in [2.05, 4.69) is 10.2 Å². The number of anilines is 1. The number of fused-ring (bicyclic) bond motifs is 2. The number of hydrogen-bond donors (Lipinski definition) is 1. The van der Waals surface area contributed by atoms with Gasteiger partial charge in [0.2, 0.25) is 0 Å². The first-order chi connectivity index (χ1) is 9.13. The average molecular weight is 261 g/mol. The van der Waals surface area contributed by atoms with Gasteiger partial charge in [0, 0.05) is 36.4 Å². The number of nitro groups is 1. The lowest BCUT2D eigenvalue weighted by Crippen LogP contribution is -2.39. The first-order valence-electron chi connectivity index (χ1n) is 6.87. The fraction of sp³-hybridized carbons (Fsp3) is 0.571. The molecule has 1 aromatic rings. The Labute approximate surface area is 112 Å². The molecule has 0 spiro atoms. The molecule has 1 N–H and O–H groups in total. The quantitative estimate of drug-likeness (QED) is 0.670. The van der Waals surface area contributed by atoms with Crippen molar-refractivity contribution in [2.75, 3.05) is 25.0 Å². The van der Waals surface area contributed by atoms with Gasteiger partial charge in [-0.05, 0) is 38.3 Å². The summed E-state index contributed by atoms with van der Waals surface area (Å²) in [6.45, 7) is 5.29. The second-order valence-corrected chi connectivity index (χ2v) is 5.65. The van der Waals surface area contributed by atoms with Crippen molar-refractivity contribution in [2.24, 2.45) is 5.92 Å². The van der Waals surface area contributed by atoms with Crippen LogP contribution in [0.4, 0.5) is 11.4 Å². The number of nitrogens with zero attached hydrogens (tertiary/aromatic N) is 2. The SMILES string of the molecule is Cc1ccc(NC2CCN3CCC2C3)cc1[N+](=O)[O-]. The highest BCUT2D eigenvalue weighted by molar-refractivity contribution is 5.55. The minimum Gasteiger partial charge on any atom is -0.382 e. The molecule has 3 unspecified atom stereocenters. The maximum absolute atomic E-state index is 11.0. The predicted molar refractivity (Wildman–Crippen MR) is 74.4 cm³/mol. The molecule has 0 aromatic heterocycles. The van der Waals surface area contributed by atoms with Gasteiger partial charge in [0.25, 0.3) is 5.69 Å². The van der Waals surface area contributed by atoms with Gasteiger partial charge in [-0.2, -0.15) is 0 Å². The molecule has 5 nitrogen and oxygen atoms in total. The lowest BCUT2D eigenvalue weighted by atomic mass is 9.94. The summed E-state index contributed by atoms with van der Waals surface area (Å²) in [6, 6.07) is 5.89. The first-order valence-corrected chi connectivity index (χ1v) is 6.87. The van der Waals surface area contributed by atoms with Crippen LogP contribution >= 0.6 is 0 Å². The summed E-state index contributed by atoms with van der Waals surface area (Å²) < 4.78 is 0. The van der Waals surface area contributed by atoms with Crippen LogP contribution in [-0.2, 0) is 0 Å². The van der Waals surface area contributed by atoms with Gasteiger partial charge in [-0.3, -0.25) is 10.1 Å². The molecular weight excluding hydrogens is 242 g/mol. The number of aryl methyl sites for hydroxylation is 1. The topological polar surface area (TPSA) is 58.4 Å². The van der Waals surface area contributed by atoms with Crippen molar-refractivity contribution in [3.05, 3.63) is 33.9 Å². The molecule has 2 aliphatic rings. The van der Waals surface area contributed by atoms with E-state index >= 15 is 0 Å². The molecule has 2 heterocycles. The van der Waals surface area contributed by atoms with Crippen molar-refractivity contribution in [3.8, 4) is 0 Å². The lowest BCUT2D eigenvalue weighted by molar-refractivity contribution is -0.385. The third kappa shape index (κ3) is 2.42. The largest absolute Gasteiger partial charge is 0.382 e. The lowest BCUT2D eigenvalue weighted by Gasteiger charge is -2.31. The standard InChI is InChI=1S/C14H19N3O2/c1-10-2-3-12(8-14(10)17(18)19)15-13-5-7-16-6-4-11(13)9-16/h2-3,8,11,13,15H,4-7,9H2,1H3. The van der Waals surface area contributed by atoms with Gasteiger partial charge in [-0.1, -0.05) is 6.07 Å². The van der Waals surface area contributed by atoms with E-state index in [1.807, 2.05) is 12.1 Å². The fourth-order valence-electron chi connectivity index (χ4n) is 3.25. The Bertz CT molecular complexity index is 503. The second-order valence-electron chi connectivity index (χ2n) is 5.65. The van der Waals surface area contributed by atoms with E-state index in [0.717, 1.165) is 18.7 Å². The highest BCUT2D eigenvalue weighted by Gasteiger charge is 2.34. The van der Waals surface area contributed by atoms with Gasteiger partial charge in [0.15, 0.2) is 0 Å². The van der Waals surface area contributed by atoms with Gasteiger partial charge in [-0.15, -0.1) is 0 Å². The summed E-state index contributed by atoms with van der Waals surface area (Å²) in [4.78, 5) is 13.2. The van der Waals surface area contributed by atoms with E-state index in [0.29, 0.717) is 17.5 Å². The molecular formula is C14H19N3O2. The van der Waals surface area contributed by atoms with Crippen molar-refractivity contribution < 1.29 is 4.92 Å². The highest BCUT2D eigenvalue weighted by Crippen LogP contribution is 2.30. The Kier molecular flexibility index (Phi) is 3.14. The summed E-state index contributed by atoms with van der Waals surface area (Å²) in [5.74, 6) is 0.689. The van der Waals surface area contributed by atoms with Crippen molar-refractivity contribution >= 4 is 11.4 Å². The molecule has 0 aliphatic carbocycles. The highest BCUT2D eigenvalue weighted by atomic mass is 16.6. The van der Waals surface area contributed by atoms with E-state index in [1.54, 1.807) is 13.0 Å². The van der Waals surface area contributed by atoms with E-state index in [4.69, 9.17) is 0 Å². The predicted octanol–water partition coefficient (Wildman–Crippen LogP) is 2.41. The summed E-state index contributed by atoms with van der Waals surface area (Å²) in [6.07, 6.45) is 2.37. The number of nitrogens with one attached hydrogen (secondary N) is 1. The van der Waals surface area contributed by atoms with Crippen LogP contribution in [0.15, 0.2) is 18.2 Å². The van der Waals surface area contributed by atoms with E-state index in [9.17, 15) is 10.1 Å². The first kappa shape index (κ1) is 12.4. The molecule has 0 radical (unpaired) electrons. The second kappa shape index (κ2) is 4.81. The van der Waals surface area contributed by atoms with Crippen LogP contribution in [0.25, 0.3) is 0 Å². The molecule has 2 saturated heterocycles. The molecule has 2 aliphatic heterocycles. The zero-order chi connectivity index (χ0) is 13.4. The van der Waals surface area contributed by atoms with Crippen LogP contribution in [0.2, 0.25) is 0 Å². The smallest absolute Gasteiger partial charge is 0.274 e. The van der Waals surface area contributed by atoms with E-state index in [1.165, 1.54) is 19.5 Å². The van der Waals surface area contributed by atoms with Crippen molar-refractivity contribution in [1.82, 2.24) is 4.90 Å². The summed E-state index contributed by atoms with van der Waals surface area (Å²) in [5.41, 5.74) is 1.79. The Morgan fingerprint density at radius 2 is 2.16 bits per heavy atom. The zero-order valence-electron chi connectivity index (χ0n) is 11.1. The van der Waals surface area contributed by atoms with Gasteiger partial charge in [0.1, 0.15) is 0 Å². The molecule has 1 aromatic carbocycles. The molecule has 0 amide bonds. The van der Waals surface area contributed by atoms with Crippen molar-refractivity contribution in [1.29, 1.82) is 0 Å². The normalized spacial score (nSPS) is 29.2. The van der Waals surface area contributed by atoms with Crippen LogP contribution in [0, 0.1) is 23.0 Å². The number of rotatable bonds is 3. The van der Waals surface area contributed by atoms with E-state index in [-0.39, 0.29) is 10.6 Å². The van der Waals surface area contributed by atoms with Crippen molar-refractivity contribution in [2.45, 2.75) is 25.8 Å². The number of nitro benzene ring substituents is 1. The Balaban J connectivity index is 1.76. The number of benzene rings is 1. The summed E-state index contributed by atoms with van der Waals surface area (Å²) in [7, 11) is 0. The van der Waals surface area contributed by atoms with Crippen LogP contribution in [0.5, 0.6) is 0 Å². The average Bonchev–Trinajstić information content (AvgIpc) is 2.77. The Morgan fingerprint density at radius 3 is 2.95 bits per heavy atom. The van der Waals surface area contributed by atoms with E-state index < -0.39 is 0 Å². The number of piperidine rings is 1. The van der Waals surface area contributed by atoms with Crippen LogP contribution in [0.1, 0.15) is 18.4 Å². The zero-order valence-corrected chi connectivity index (χ0v) is 11.1. The molecule has 0 saturated carbocycles. The summed E-state index contributed by atoms with van der Waals surface area (Å²) in [5, 5.41) is 14.5. The number of hydrogen-bond acceptors (Lipinski definition) is 4. The minimum atomic E-state index is -0.307.